The van der Waals surface area contributed by atoms with Gasteiger partial charge < -0.3 is 29.5 Å². The van der Waals surface area contributed by atoms with Crippen LogP contribution in [0.3, 0.4) is 0 Å². The monoisotopic (exact) mass is 406 g/mol. The lowest BCUT2D eigenvalue weighted by Gasteiger charge is -2.33. The van der Waals surface area contributed by atoms with Gasteiger partial charge in [0.15, 0.2) is 18.7 Å². The zero-order chi connectivity index (χ0) is 21.6. The second-order valence-electron chi connectivity index (χ2n) is 6.17. The molecule has 9 nitrogen and oxygen atoms in total. The Balaban J connectivity index is 2.78. The maximum atomic E-state index is 13.0. The van der Waals surface area contributed by atoms with Gasteiger partial charge in [0.05, 0.1) is 36.0 Å². The minimum absolute atomic E-state index is 0.111. The lowest BCUT2D eigenvalue weighted by Crippen LogP contribution is -2.39. The van der Waals surface area contributed by atoms with E-state index in [0.29, 0.717) is 21.7 Å². The number of carbonyl (C=O) groups excluding carboxylic acids is 2. The van der Waals surface area contributed by atoms with Gasteiger partial charge in [-0.25, -0.2) is 9.59 Å². The smallest absolute Gasteiger partial charge is 0.336 e. The lowest BCUT2D eigenvalue weighted by atomic mass is 9.80. The van der Waals surface area contributed by atoms with Gasteiger partial charge in [-0.1, -0.05) is 0 Å². The Morgan fingerprint density at radius 3 is 2.24 bits per heavy atom. The highest BCUT2D eigenvalue weighted by molar-refractivity contribution is 6.00. The summed E-state index contributed by atoms with van der Waals surface area (Å²) in [6, 6.07) is 3.19. The summed E-state index contributed by atoms with van der Waals surface area (Å²) >= 11 is 0. The number of dihydropyridines is 1. The molecule has 1 aliphatic rings. The molecule has 2 rings (SSSR count). The van der Waals surface area contributed by atoms with Crippen molar-refractivity contribution < 1.29 is 33.3 Å². The maximum absolute atomic E-state index is 13.0. The number of methoxy groups -OCH3 is 2. The normalized spacial score (nSPS) is 16.7. The molecule has 1 N–H and O–H groups in total. The molecule has 29 heavy (non-hydrogen) atoms. The summed E-state index contributed by atoms with van der Waals surface area (Å²) in [5.41, 5.74) is 1.50. The van der Waals surface area contributed by atoms with Gasteiger partial charge in [0.25, 0.3) is 0 Å². The van der Waals surface area contributed by atoms with E-state index in [-0.39, 0.29) is 24.4 Å². The van der Waals surface area contributed by atoms with E-state index in [2.05, 4.69) is 5.32 Å². The number of rotatable bonds is 8. The summed E-state index contributed by atoms with van der Waals surface area (Å²) in [5.74, 6) is -2.16. The standard InChI is InChI=1S/C20H26N2O7/c1-6-28-18(23)14-12(3)21-17(20(26-4)27-5)16(19(24)29-7-2)15(14)13-9-8-10-22(25)11-13/h8-11,15,20-21H,6-7H2,1-5H3. The van der Waals surface area contributed by atoms with Crippen LogP contribution in [0.1, 0.15) is 32.3 Å². The minimum Gasteiger partial charge on any atom is -0.619 e. The molecular weight excluding hydrogens is 380 g/mol. The summed E-state index contributed by atoms with van der Waals surface area (Å²) in [6.45, 7) is 5.32. The Labute approximate surface area is 169 Å². The van der Waals surface area contributed by atoms with Crippen LogP contribution >= 0.6 is 0 Å². The van der Waals surface area contributed by atoms with Crippen molar-refractivity contribution in [2.45, 2.75) is 33.0 Å². The molecule has 0 bridgehead atoms. The number of nitrogens with zero attached hydrogens (tertiary/aromatic N) is 1. The van der Waals surface area contributed by atoms with Crippen LogP contribution < -0.4 is 10.0 Å². The van der Waals surface area contributed by atoms with Crippen molar-refractivity contribution >= 4 is 11.9 Å². The van der Waals surface area contributed by atoms with Gasteiger partial charge in [0.1, 0.15) is 0 Å². The third-order valence-corrected chi connectivity index (χ3v) is 4.38. The van der Waals surface area contributed by atoms with Gasteiger partial charge >= 0.3 is 11.9 Å². The number of esters is 2. The summed E-state index contributed by atoms with van der Waals surface area (Å²) < 4.78 is 21.7. The van der Waals surface area contributed by atoms with Crippen molar-refractivity contribution in [1.82, 2.24) is 5.32 Å². The molecule has 0 saturated carbocycles. The van der Waals surface area contributed by atoms with Gasteiger partial charge in [0, 0.05) is 31.5 Å². The van der Waals surface area contributed by atoms with E-state index in [1.807, 2.05) is 0 Å². The molecule has 1 unspecified atom stereocenters. The largest absolute Gasteiger partial charge is 0.619 e. The lowest BCUT2D eigenvalue weighted by molar-refractivity contribution is -0.605. The van der Waals surface area contributed by atoms with Crippen LogP contribution in [0.25, 0.3) is 0 Å². The number of pyridine rings is 1. The Hall–Kier alpha value is -2.91. The molecule has 0 amide bonds. The SMILES string of the molecule is CCOC(=O)C1=C(C)NC(C(OC)OC)=C(C(=O)OCC)C1c1ccc[n+]([O-])c1. The molecule has 0 saturated heterocycles. The molecule has 158 valence electrons. The fourth-order valence-corrected chi connectivity index (χ4v) is 3.26. The van der Waals surface area contributed by atoms with E-state index in [1.165, 1.54) is 32.7 Å². The first-order valence-corrected chi connectivity index (χ1v) is 9.19. The molecule has 0 radical (unpaired) electrons. The van der Waals surface area contributed by atoms with E-state index in [4.69, 9.17) is 18.9 Å². The zero-order valence-electron chi connectivity index (χ0n) is 17.2. The molecular formula is C20H26N2O7. The number of ether oxygens (including phenoxy) is 4. The molecule has 0 aliphatic carbocycles. The number of hydrogen-bond acceptors (Lipinski definition) is 8. The highest BCUT2D eigenvalue weighted by Gasteiger charge is 2.41. The molecule has 0 spiro atoms. The summed E-state index contributed by atoms with van der Waals surface area (Å²) in [4.78, 5) is 25.7. The number of allylic oxidation sites excluding steroid dienone is 1. The quantitative estimate of drug-likeness (QED) is 0.298. The molecule has 1 atom stereocenters. The number of nitrogens with one attached hydrogen (secondary N) is 1. The molecule has 0 aromatic carbocycles. The van der Waals surface area contributed by atoms with Crippen molar-refractivity contribution in [2.75, 3.05) is 27.4 Å². The van der Waals surface area contributed by atoms with Crippen LogP contribution in [0.4, 0.5) is 0 Å². The third-order valence-electron chi connectivity index (χ3n) is 4.38. The zero-order valence-corrected chi connectivity index (χ0v) is 17.2. The van der Waals surface area contributed by atoms with Crippen molar-refractivity contribution in [2.24, 2.45) is 0 Å². The number of carbonyl (C=O) groups is 2. The van der Waals surface area contributed by atoms with E-state index < -0.39 is 24.1 Å². The van der Waals surface area contributed by atoms with Crippen molar-refractivity contribution in [3.63, 3.8) is 0 Å². The van der Waals surface area contributed by atoms with Gasteiger partial charge in [-0.2, -0.15) is 4.73 Å². The first kappa shape index (κ1) is 22.4. The summed E-state index contributed by atoms with van der Waals surface area (Å²) in [5, 5.41) is 15.0. The van der Waals surface area contributed by atoms with Crippen molar-refractivity contribution in [3.05, 3.63) is 57.8 Å². The molecule has 1 aromatic heterocycles. The number of hydrogen-bond donors (Lipinski definition) is 1. The topological polar surface area (TPSA) is 110 Å². The molecule has 9 heteroatoms. The van der Waals surface area contributed by atoms with Crippen LogP contribution in [0.2, 0.25) is 0 Å². The van der Waals surface area contributed by atoms with Gasteiger partial charge in [0.2, 0.25) is 0 Å². The average molecular weight is 406 g/mol. The Morgan fingerprint density at radius 1 is 1.14 bits per heavy atom. The highest BCUT2D eigenvalue weighted by Crippen LogP contribution is 2.40. The molecule has 1 aliphatic heterocycles. The van der Waals surface area contributed by atoms with Gasteiger partial charge in [-0.15, -0.1) is 0 Å². The van der Waals surface area contributed by atoms with Crippen molar-refractivity contribution in [3.8, 4) is 0 Å². The Bertz CT molecular complexity index is 828. The maximum Gasteiger partial charge on any atom is 0.336 e. The summed E-state index contributed by atoms with van der Waals surface area (Å²) in [7, 11) is 2.85. The fourth-order valence-electron chi connectivity index (χ4n) is 3.26. The van der Waals surface area contributed by atoms with Crippen LogP contribution in [-0.4, -0.2) is 45.7 Å². The van der Waals surface area contributed by atoms with Crippen LogP contribution in [0.5, 0.6) is 0 Å². The predicted molar refractivity (Wildman–Crippen MR) is 102 cm³/mol. The number of aromatic nitrogens is 1. The second-order valence-corrected chi connectivity index (χ2v) is 6.17. The first-order chi connectivity index (χ1) is 13.9. The van der Waals surface area contributed by atoms with Gasteiger partial charge in [-0.05, 0) is 26.8 Å². The van der Waals surface area contributed by atoms with E-state index in [0.717, 1.165) is 0 Å². The van der Waals surface area contributed by atoms with Crippen LogP contribution in [-0.2, 0) is 28.5 Å². The van der Waals surface area contributed by atoms with Crippen LogP contribution in [0, 0.1) is 5.21 Å². The van der Waals surface area contributed by atoms with Gasteiger partial charge in [-0.3, -0.25) is 0 Å². The molecule has 1 aromatic rings. The fraction of sp³-hybridized carbons (Fsp3) is 0.450. The first-order valence-electron chi connectivity index (χ1n) is 9.19. The third kappa shape index (κ3) is 4.75. The average Bonchev–Trinajstić information content (AvgIpc) is 2.68. The predicted octanol–water partition coefficient (Wildman–Crippen LogP) is 1.28. The summed E-state index contributed by atoms with van der Waals surface area (Å²) in [6.07, 6.45) is 1.69. The van der Waals surface area contributed by atoms with Crippen molar-refractivity contribution in [1.29, 1.82) is 0 Å². The van der Waals surface area contributed by atoms with Crippen LogP contribution in [0.15, 0.2) is 47.1 Å². The van der Waals surface area contributed by atoms with E-state index >= 15 is 0 Å². The molecule has 2 heterocycles. The molecule has 0 fully saturated rings. The Kier molecular flexibility index (Phi) is 7.74. The highest BCUT2D eigenvalue weighted by atomic mass is 16.7. The minimum atomic E-state index is -0.918. The van der Waals surface area contributed by atoms with E-state index in [1.54, 1.807) is 26.8 Å². The van der Waals surface area contributed by atoms with E-state index in [9.17, 15) is 14.8 Å². The Morgan fingerprint density at radius 2 is 1.72 bits per heavy atom. The second kappa shape index (κ2) is 10.0.